The zero-order valence-electron chi connectivity index (χ0n) is 17.9. The summed E-state index contributed by atoms with van der Waals surface area (Å²) in [4.78, 5) is 18.9. The van der Waals surface area contributed by atoms with Gasteiger partial charge in [-0.1, -0.05) is 31.2 Å². The highest BCUT2D eigenvalue weighted by molar-refractivity contribution is 6.30. The number of carbonyl (C=O) groups excluding carboxylic acids is 1. The van der Waals surface area contributed by atoms with Crippen LogP contribution in [0.15, 0.2) is 48.0 Å². The molecule has 1 aromatic carbocycles. The molecule has 0 bridgehead atoms. The summed E-state index contributed by atoms with van der Waals surface area (Å²) in [6, 6.07) is 14.9. The lowest BCUT2D eigenvalue weighted by atomic mass is 10.0. The van der Waals surface area contributed by atoms with Gasteiger partial charge in [-0.3, -0.25) is 9.78 Å². The summed E-state index contributed by atoms with van der Waals surface area (Å²) in [5.41, 5.74) is 2.83. The van der Waals surface area contributed by atoms with Gasteiger partial charge < -0.3 is 15.5 Å². The third-order valence-electron chi connectivity index (χ3n) is 4.59. The molecule has 1 aromatic heterocycles. The Morgan fingerprint density at radius 3 is 2.60 bits per heavy atom. The minimum atomic E-state index is -0.431. The standard InChI is InChI=1S/C23H28BN5O/c1-4-21(17-9-11-19(12-10-17)26-13-6-14-29(2)3)28-23(30)18(16-25)15-20-7-5-8-22(24)27-20/h5,7-12,15,21,26H,4,6,13-14H2,1-3H3,(H,28,30)/b18-15+. The maximum atomic E-state index is 12.6. The highest BCUT2D eigenvalue weighted by Crippen LogP contribution is 2.20. The monoisotopic (exact) mass is 401 g/mol. The first-order chi connectivity index (χ1) is 14.4. The molecule has 6 nitrogen and oxygen atoms in total. The van der Waals surface area contributed by atoms with Crippen molar-refractivity contribution < 1.29 is 4.79 Å². The number of aromatic nitrogens is 1. The molecule has 2 aromatic rings. The van der Waals surface area contributed by atoms with Crippen molar-refractivity contribution in [1.29, 1.82) is 5.26 Å². The van der Waals surface area contributed by atoms with Gasteiger partial charge in [0.05, 0.1) is 11.7 Å². The Hall–Kier alpha value is -3.11. The van der Waals surface area contributed by atoms with Crippen LogP contribution in [0.1, 0.15) is 37.1 Å². The number of benzene rings is 1. The number of amides is 1. The van der Waals surface area contributed by atoms with E-state index in [9.17, 15) is 10.1 Å². The van der Waals surface area contributed by atoms with E-state index in [1.54, 1.807) is 18.2 Å². The molecule has 0 spiro atoms. The molecule has 1 heterocycles. The largest absolute Gasteiger partial charge is 0.385 e. The summed E-state index contributed by atoms with van der Waals surface area (Å²) in [6.07, 6.45) is 3.21. The smallest absolute Gasteiger partial charge is 0.262 e. The quantitative estimate of drug-likeness (QED) is 0.277. The van der Waals surface area contributed by atoms with Gasteiger partial charge in [-0.05, 0) is 68.9 Å². The van der Waals surface area contributed by atoms with Gasteiger partial charge >= 0.3 is 0 Å². The first kappa shape index (κ1) is 23.2. The van der Waals surface area contributed by atoms with E-state index in [0.29, 0.717) is 17.7 Å². The van der Waals surface area contributed by atoms with Crippen LogP contribution in [-0.2, 0) is 4.79 Å². The Bertz CT molecular complexity index is 903. The summed E-state index contributed by atoms with van der Waals surface area (Å²) >= 11 is 0. The van der Waals surface area contributed by atoms with E-state index in [4.69, 9.17) is 7.85 Å². The topological polar surface area (TPSA) is 81.0 Å². The van der Waals surface area contributed by atoms with Gasteiger partial charge in [0.15, 0.2) is 0 Å². The van der Waals surface area contributed by atoms with Crippen molar-refractivity contribution in [2.45, 2.75) is 25.8 Å². The Labute approximate surface area is 180 Å². The van der Waals surface area contributed by atoms with E-state index < -0.39 is 5.91 Å². The Morgan fingerprint density at radius 1 is 1.27 bits per heavy atom. The second kappa shape index (κ2) is 11.8. The van der Waals surface area contributed by atoms with Crippen LogP contribution in [-0.4, -0.2) is 50.8 Å². The normalized spacial score (nSPS) is 12.3. The fraction of sp³-hybridized carbons (Fsp3) is 0.348. The number of anilines is 1. The van der Waals surface area contributed by atoms with Gasteiger partial charge in [0.2, 0.25) is 0 Å². The molecule has 7 heteroatoms. The molecule has 1 amide bonds. The second-order valence-electron chi connectivity index (χ2n) is 7.30. The Morgan fingerprint density at radius 2 is 2.00 bits per heavy atom. The number of nitrogens with one attached hydrogen (secondary N) is 2. The number of nitriles is 1. The van der Waals surface area contributed by atoms with Crippen LogP contribution in [0.5, 0.6) is 0 Å². The van der Waals surface area contributed by atoms with E-state index >= 15 is 0 Å². The second-order valence-corrected chi connectivity index (χ2v) is 7.30. The van der Waals surface area contributed by atoms with Crippen molar-refractivity contribution in [3.8, 4) is 6.07 Å². The predicted octanol–water partition coefficient (Wildman–Crippen LogP) is 2.41. The number of hydrogen-bond acceptors (Lipinski definition) is 5. The maximum absolute atomic E-state index is 12.6. The summed E-state index contributed by atoms with van der Waals surface area (Å²) < 4.78 is 0. The zero-order valence-corrected chi connectivity index (χ0v) is 17.9. The molecule has 0 aliphatic heterocycles. The third kappa shape index (κ3) is 7.38. The molecule has 0 saturated heterocycles. The molecule has 2 N–H and O–H groups in total. The van der Waals surface area contributed by atoms with E-state index in [2.05, 4.69) is 34.6 Å². The average Bonchev–Trinajstić information content (AvgIpc) is 2.73. The Balaban J connectivity index is 2.01. The highest BCUT2D eigenvalue weighted by Gasteiger charge is 2.16. The van der Waals surface area contributed by atoms with Crippen LogP contribution < -0.4 is 16.2 Å². The number of rotatable bonds is 10. The lowest BCUT2D eigenvalue weighted by molar-refractivity contribution is -0.117. The fourth-order valence-corrected chi connectivity index (χ4v) is 2.96. The minimum absolute atomic E-state index is 0.00858. The molecule has 0 fully saturated rings. The van der Waals surface area contributed by atoms with Crippen molar-refractivity contribution in [3.05, 3.63) is 59.3 Å². The van der Waals surface area contributed by atoms with Crippen molar-refractivity contribution in [2.75, 3.05) is 32.5 Å². The molecule has 2 radical (unpaired) electrons. The number of hydrogen-bond donors (Lipinski definition) is 2. The first-order valence-electron chi connectivity index (χ1n) is 10.1. The van der Waals surface area contributed by atoms with Crippen LogP contribution in [0.2, 0.25) is 0 Å². The first-order valence-corrected chi connectivity index (χ1v) is 10.1. The fourth-order valence-electron chi connectivity index (χ4n) is 2.96. The molecule has 2 rings (SSSR count). The van der Waals surface area contributed by atoms with Gasteiger partial charge in [0, 0.05) is 12.2 Å². The van der Waals surface area contributed by atoms with Crippen LogP contribution in [0, 0.1) is 11.3 Å². The van der Waals surface area contributed by atoms with Crippen molar-refractivity contribution >= 4 is 31.1 Å². The van der Waals surface area contributed by atoms with Crippen LogP contribution >= 0.6 is 0 Å². The van der Waals surface area contributed by atoms with Crippen LogP contribution in [0.25, 0.3) is 6.08 Å². The van der Waals surface area contributed by atoms with E-state index in [-0.39, 0.29) is 11.6 Å². The molecule has 0 aliphatic rings. The lowest BCUT2D eigenvalue weighted by Crippen LogP contribution is -2.29. The zero-order chi connectivity index (χ0) is 21.9. The SMILES string of the molecule is [B]c1cccc(/C=C(\C#N)C(=O)NC(CC)c2ccc(NCCCN(C)C)cc2)n1. The van der Waals surface area contributed by atoms with Crippen LogP contribution in [0.3, 0.4) is 0 Å². The minimum Gasteiger partial charge on any atom is -0.385 e. The maximum Gasteiger partial charge on any atom is 0.262 e. The molecule has 0 saturated carbocycles. The molecular weight excluding hydrogens is 373 g/mol. The number of nitrogens with zero attached hydrogens (tertiary/aromatic N) is 3. The summed E-state index contributed by atoms with van der Waals surface area (Å²) in [5.74, 6) is -0.431. The summed E-state index contributed by atoms with van der Waals surface area (Å²) in [6.45, 7) is 3.93. The molecule has 30 heavy (non-hydrogen) atoms. The van der Waals surface area contributed by atoms with Gasteiger partial charge in [0.1, 0.15) is 19.5 Å². The van der Waals surface area contributed by atoms with Gasteiger partial charge in [0.25, 0.3) is 5.91 Å². The van der Waals surface area contributed by atoms with Gasteiger partial charge in [-0.15, -0.1) is 0 Å². The molecular formula is C23H28BN5O. The van der Waals surface area contributed by atoms with E-state index in [0.717, 1.165) is 30.8 Å². The van der Waals surface area contributed by atoms with Crippen molar-refractivity contribution in [1.82, 2.24) is 15.2 Å². The molecule has 154 valence electrons. The van der Waals surface area contributed by atoms with Gasteiger partial charge in [-0.25, -0.2) is 0 Å². The van der Waals surface area contributed by atoms with Crippen molar-refractivity contribution in [2.24, 2.45) is 0 Å². The van der Waals surface area contributed by atoms with E-state index in [1.165, 1.54) is 6.08 Å². The van der Waals surface area contributed by atoms with Crippen LogP contribution in [0.4, 0.5) is 5.69 Å². The van der Waals surface area contributed by atoms with Crippen molar-refractivity contribution in [3.63, 3.8) is 0 Å². The summed E-state index contributed by atoms with van der Waals surface area (Å²) in [5, 5.41) is 15.7. The number of pyridine rings is 1. The molecule has 1 atom stereocenters. The third-order valence-corrected chi connectivity index (χ3v) is 4.59. The number of carbonyl (C=O) groups is 1. The van der Waals surface area contributed by atoms with Gasteiger partial charge in [-0.2, -0.15) is 5.26 Å². The summed E-state index contributed by atoms with van der Waals surface area (Å²) in [7, 11) is 9.79. The molecule has 1 unspecified atom stereocenters. The predicted molar refractivity (Wildman–Crippen MR) is 122 cm³/mol. The Kier molecular flexibility index (Phi) is 9.11. The lowest BCUT2D eigenvalue weighted by Gasteiger charge is -2.18. The highest BCUT2D eigenvalue weighted by atomic mass is 16.1. The average molecular weight is 401 g/mol. The molecule has 0 aliphatic carbocycles. The van der Waals surface area contributed by atoms with E-state index in [1.807, 2.05) is 37.3 Å².